The maximum atomic E-state index is 13.9. The van der Waals surface area contributed by atoms with E-state index in [0.29, 0.717) is 18.1 Å². The van der Waals surface area contributed by atoms with Gasteiger partial charge in [-0.3, -0.25) is 0 Å². The summed E-state index contributed by atoms with van der Waals surface area (Å²) in [5.74, 6) is 1.55. The quantitative estimate of drug-likeness (QED) is 0.307. The van der Waals surface area contributed by atoms with E-state index in [-0.39, 0.29) is 35.8 Å². The van der Waals surface area contributed by atoms with Crippen molar-refractivity contribution in [2.75, 3.05) is 44.2 Å². The Morgan fingerprint density at radius 2 is 1.91 bits per heavy atom. The molecule has 1 unspecified atom stereocenters. The summed E-state index contributed by atoms with van der Waals surface area (Å²) in [6.45, 7) is 14.6. The van der Waals surface area contributed by atoms with Crippen LogP contribution in [-0.2, 0) is 6.54 Å². The minimum absolute atomic E-state index is 0. The van der Waals surface area contributed by atoms with Gasteiger partial charge in [0, 0.05) is 38.9 Å². The number of guanidine groups is 1. The molecular formula is C24H36FIN6. The van der Waals surface area contributed by atoms with E-state index in [2.05, 4.69) is 44.5 Å². The van der Waals surface area contributed by atoms with Crippen LogP contribution in [0.25, 0.3) is 0 Å². The zero-order valence-corrected chi connectivity index (χ0v) is 21.9. The molecule has 0 radical (unpaired) electrons. The molecule has 1 aliphatic rings. The van der Waals surface area contributed by atoms with Crippen LogP contribution in [0.15, 0.2) is 41.5 Å². The smallest absolute Gasteiger partial charge is 0.192 e. The van der Waals surface area contributed by atoms with Gasteiger partial charge >= 0.3 is 0 Å². The predicted octanol–water partition coefficient (Wildman–Crippen LogP) is 4.11. The molecule has 0 spiro atoms. The number of nitrogens with one attached hydrogen (secondary N) is 2. The number of piperazine rings is 1. The van der Waals surface area contributed by atoms with Crippen LogP contribution in [0.5, 0.6) is 0 Å². The first kappa shape index (κ1) is 26.3. The fourth-order valence-corrected chi connectivity index (χ4v) is 3.65. The summed E-state index contributed by atoms with van der Waals surface area (Å²) in [4.78, 5) is 14.2. The number of anilines is 1. The van der Waals surface area contributed by atoms with Crippen LogP contribution in [0.2, 0.25) is 0 Å². The van der Waals surface area contributed by atoms with Gasteiger partial charge in [-0.25, -0.2) is 14.4 Å². The molecule has 8 heteroatoms. The van der Waals surface area contributed by atoms with Gasteiger partial charge in [-0.05, 0) is 56.1 Å². The van der Waals surface area contributed by atoms with Gasteiger partial charge in [0.25, 0.3) is 0 Å². The van der Waals surface area contributed by atoms with Crippen LogP contribution in [0.1, 0.15) is 43.5 Å². The van der Waals surface area contributed by atoms with Gasteiger partial charge in [0.15, 0.2) is 5.96 Å². The van der Waals surface area contributed by atoms with Crippen molar-refractivity contribution in [3.05, 3.63) is 59.0 Å². The summed E-state index contributed by atoms with van der Waals surface area (Å²) in [5.41, 5.74) is 2.60. The maximum Gasteiger partial charge on any atom is 0.192 e. The molecule has 1 fully saturated rings. The first-order chi connectivity index (χ1) is 15.0. The molecule has 0 saturated carbocycles. The molecule has 1 saturated heterocycles. The zero-order valence-electron chi connectivity index (χ0n) is 19.6. The number of aryl methyl sites for hydroxylation is 1. The fourth-order valence-electron chi connectivity index (χ4n) is 3.65. The van der Waals surface area contributed by atoms with Crippen LogP contribution in [0.3, 0.4) is 0 Å². The summed E-state index contributed by atoms with van der Waals surface area (Å²) in [6.07, 6.45) is 1.91. The summed E-state index contributed by atoms with van der Waals surface area (Å²) < 4.78 is 13.9. The van der Waals surface area contributed by atoms with Crippen molar-refractivity contribution in [1.82, 2.24) is 20.5 Å². The molecule has 176 valence electrons. The van der Waals surface area contributed by atoms with Crippen LogP contribution in [0.4, 0.5) is 10.2 Å². The van der Waals surface area contributed by atoms with Crippen molar-refractivity contribution in [3.63, 3.8) is 0 Å². The van der Waals surface area contributed by atoms with Crippen LogP contribution < -0.4 is 15.5 Å². The number of nitrogens with zero attached hydrogens (tertiary/aromatic N) is 4. The van der Waals surface area contributed by atoms with E-state index in [4.69, 9.17) is 4.99 Å². The van der Waals surface area contributed by atoms with Gasteiger partial charge < -0.3 is 20.4 Å². The van der Waals surface area contributed by atoms with E-state index in [1.807, 2.05) is 32.2 Å². The molecule has 2 aromatic rings. The number of rotatable bonds is 7. The van der Waals surface area contributed by atoms with E-state index in [0.717, 1.165) is 56.2 Å². The van der Waals surface area contributed by atoms with Gasteiger partial charge in [-0.1, -0.05) is 25.1 Å². The van der Waals surface area contributed by atoms with E-state index < -0.39 is 0 Å². The standard InChI is InChI=1S/C24H35FN6.HI/c1-5-26-24(29-19(4)21-9-7-18(3)22(25)15-21)28-17-20-8-10-23(27-16-20)31-13-11-30(6-2)12-14-31;/h7-10,15-16,19H,5-6,11-14,17H2,1-4H3,(H2,26,28,29);1H. The Morgan fingerprint density at radius 3 is 2.50 bits per heavy atom. The van der Waals surface area contributed by atoms with Crippen molar-refractivity contribution in [2.24, 2.45) is 4.99 Å². The topological polar surface area (TPSA) is 55.8 Å². The van der Waals surface area contributed by atoms with Crippen molar-refractivity contribution < 1.29 is 4.39 Å². The first-order valence-corrected chi connectivity index (χ1v) is 11.2. The summed E-state index contributed by atoms with van der Waals surface area (Å²) >= 11 is 0. The summed E-state index contributed by atoms with van der Waals surface area (Å²) in [7, 11) is 0. The van der Waals surface area contributed by atoms with Gasteiger partial charge in [0.05, 0.1) is 12.6 Å². The Balaban J connectivity index is 0.00000363. The minimum Gasteiger partial charge on any atom is -0.357 e. The highest BCUT2D eigenvalue weighted by atomic mass is 127. The van der Waals surface area contributed by atoms with Gasteiger partial charge in [0.1, 0.15) is 11.6 Å². The number of likely N-dealkylation sites (N-methyl/N-ethyl adjacent to an activating group) is 1. The maximum absolute atomic E-state index is 13.9. The summed E-state index contributed by atoms with van der Waals surface area (Å²) in [5, 5.41) is 6.63. The first-order valence-electron chi connectivity index (χ1n) is 11.2. The molecule has 0 amide bonds. The Labute approximate surface area is 208 Å². The second-order valence-electron chi connectivity index (χ2n) is 8.02. The molecule has 3 rings (SSSR count). The molecule has 0 bridgehead atoms. The molecule has 2 heterocycles. The lowest BCUT2D eigenvalue weighted by Crippen LogP contribution is -2.46. The SMILES string of the molecule is CCNC(=NCc1ccc(N2CCN(CC)CC2)nc1)NC(C)c1ccc(C)c(F)c1.I. The lowest BCUT2D eigenvalue weighted by molar-refractivity contribution is 0.270. The van der Waals surface area contributed by atoms with E-state index >= 15 is 0 Å². The lowest BCUT2D eigenvalue weighted by Gasteiger charge is -2.34. The molecule has 1 aromatic heterocycles. The van der Waals surface area contributed by atoms with Crippen molar-refractivity contribution >= 4 is 35.8 Å². The number of pyridine rings is 1. The molecule has 2 N–H and O–H groups in total. The summed E-state index contributed by atoms with van der Waals surface area (Å²) in [6, 6.07) is 9.46. The molecule has 1 atom stereocenters. The third kappa shape index (κ3) is 7.30. The van der Waals surface area contributed by atoms with Crippen LogP contribution in [0, 0.1) is 12.7 Å². The fraction of sp³-hybridized carbons (Fsp3) is 0.500. The van der Waals surface area contributed by atoms with Gasteiger partial charge in [-0.15, -0.1) is 24.0 Å². The highest BCUT2D eigenvalue weighted by Crippen LogP contribution is 2.17. The monoisotopic (exact) mass is 554 g/mol. The Bertz CT molecular complexity index is 865. The second kappa shape index (κ2) is 12.9. The number of benzene rings is 1. The van der Waals surface area contributed by atoms with Gasteiger partial charge in [-0.2, -0.15) is 0 Å². The molecular weight excluding hydrogens is 518 g/mol. The number of aromatic nitrogens is 1. The highest BCUT2D eigenvalue weighted by molar-refractivity contribution is 14.0. The minimum atomic E-state index is -0.185. The largest absolute Gasteiger partial charge is 0.357 e. The molecule has 1 aromatic carbocycles. The molecule has 6 nitrogen and oxygen atoms in total. The van der Waals surface area contributed by atoms with E-state index in [1.165, 1.54) is 0 Å². The van der Waals surface area contributed by atoms with Crippen LogP contribution in [-0.4, -0.2) is 55.1 Å². The molecule has 32 heavy (non-hydrogen) atoms. The zero-order chi connectivity index (χ0) is 22.2. The van der Waals surface area contributed by atoms with Crippen LogP contribution >= 0.6 is 24.0 Å². The van der Waals surface area contributed by atoms with Crippen molar-refractivity contribution in [3.8, 4) is 0 Å². The normalized spacial score (nSPS) is 15.8. The predicted molar refractivity (Wildman–Crippen MR) is 141 cm³/mol. The Kier molecular flexibility index (Phi) is 10.6. The third-order valence-corrected chi connectivity index (χ3v) is 5.77. The number of halogens is 2. The highest BCUT2D eigenvalue weighted by Gasteiger charge is 2.16. The molecule has 1 aliphatic heterocycles. The molecule has 0 aliphatic carbocycles. The van der Waals surface area contributed by atoms with Gasteiger partial charge in [0.2, 0.25) is 0 Å². The number of hydrogen-bond acceptors (Lipinski definition) is 4. The average Bonchev–Trinajstić information content (AvgIpc) is 2.80. The van der Waals surface area contributed by atoms with Crippen molar-refractivity contribution in [2.45, 2.75) is 40.3 Å². The van der Waals surface area contributed by atoms with E-state index in [1.54, 1.807) is 13.0 Å². The second-order valence-corrected chi connectivity index (χ2v) is 8.02. The lowest BCUT2D eigenvalue weighted by atomic mass is 10.1. The number of aliphatic imine (C=N–C) groups is 1. The average molecular weight is 554 g/mol. The Hall–Kier alpha value is -1.94. The third-order valence-electron chi connectivity index (χ3n) is 5.77. The number of hydrogen-bond donors (Lipinski definition) is 2. The van der Waals surface area contributed by atoms with Crippen molar-refractivity contribution in [1.29, 1.82) is 0 Å². The van der Waals surface area contributed by atoms with E-state index in [9.17, 15) is 4.39 Å². The Morgan fingerprint density at radius 1 is 1.16 bits per heavy atom.